The molecule has 18 heavy (non-hydrogen) atoms. The average Bonchev–Trinajstić information content (AvgIpc) is 2.20. The second-order valence-electron chi connectivity index (χ2n) is 5.35. The van der Waals surface area contributed by atoms with Gasteiger partial charge in [0.25, 0.3) is 0 Å². The van der Waals surface area contributed by atoms with Gasteiger partial charge in [-0.1, -0.05) is 13.8 Å². The molecule has 1 unspecified atom stereocenters. The molecule has 0 aliphatic rings. The molecule has 0 fully saturated rings. The molecule has 0 saturated carbocycles. The number of likely N-dealkylation sites (N-methyl/N-ethyl adjacent to an activating group) is 2. The van der Waals surface area contributed by atoms with Crippen molar-refractivity contribution >= 4 is 11.9 Å². The first-order valence-electron chi connectivity index (χ1n) is 6.03. The van der Waals surface area contributed by atoms with Crippen LogP contribution in [0.5, 0.6) is 0 Å². The van der Waals surface area contributed by atoms with Crippen LogP contribution in [-0.2, 0) is 9.59 Å². The SMILES string of the molecule is CC(C)CC(C(N)=O)(C(=O)O)N(C)CCN(C)C. The Labute approximate surface area is 109 Å². The van der Waals surface area contributed by atoms with Gasteiger partial charge in [-0.3, -0.25) is 9.69 Å². The molecule has 1 atom stereocenters. The molecule has 0 aliphatic heterocycles. The molecular formula is C12H25N3O3. The highest BCUT2D eigenvalue weighted by atomic mass is 16.4. The molecular weight excluding hydrogens is 234 g/mol. The van der Waals surface area contributed by atoms with Crippen molar-refractivity contribution in [3.05, 3.63) is 0 Å². The first-order valence-corrected chi connectivity index (χ1v) is 6.03. The lowest BCUT2D eigenvalue weighted by Gasteiger charge is -2.37. The molecule has 106 valence electrons. The van der Waals surface area contributed by atoms with Crippen LogP contribution >= 0.6 is 0 Å². The van der Waals surface area contributed by atoms with E-state index >= 15 is 0 Å². The first kappa shape index (κ1) is 16.9. The van der Waals surface area contributed by atoms with Gasteiger partial charge in [0.2, 0.25) is 5.91 Å². The molecule has 0 spiro atoms. The second kappa shape index (κ2) is 6.70. The van der Waals surface area contributed by atoms with Crippen molar-refractivity contribution in [1.82, 2.24) is 9.80 Å². The lowest BCUT2D eigenvalue weighted by molar-refractivity contribution is -0.158. The zero-order valence-electron chi connectivity index (χ0n) is 11.9. The van der Waals surface area contributed by atoms with E-state index in [0.717, 1.165) is 0 Å². The minimum absolute atomic E-state index is 0.0652. The summed E-state index contributed by atoms with van der Waals surface area (Å²) in [4.78, 5) is 26.7. The molecule has 0 saturated heterocycles. The maximum absolute atomic E-state index is 11.7. The Balaban J connectivity index is 5.16. The number of primary amides is 1. The van der Waals surface area contributed by atoms with Gasteiger partial charge in [-0.05, 0) is 33.5 Å². The van der Waals surface area contributed by atoms with Gasteiger partial charge in [-0.25, -0.2) is 4.79 Å². The van der Waals surface area contributed by atoms with Gasteiger partial charge in [0.05, 0.1) is 0 Å². The maximum atomic E-state index is 11.7. The highest BCUT2D eigenvalue weighted by Gasteiger charge is 2.48. The molecule has 0 aromatic rings. The van der Waals surface area contributed by atoms with Crippen LogP contribution in [0, 0.1) is 5.92 Å². The van der Waals surface area contributed by atoms with Crippen LogP contribution < -0.4 is 5.73 Å². The van der Waals surface area contributed by atoms with E-state index in [9.17, 15) is 14.7 Å². The fourth-order valence-corrected chi connectivity index (χ4v) is 1.93. The van der Waals surface area contributed by atoms with Crippen LogP contribution in [0.1, 0.15) is 20.3 Å². The van der Waals surface area contributed by atoms with Gasteiger partial charge in [-0.2, -0.15) is 0 Å². The van der Waals surface area contributed by atoms with Crippen LogP contribution in [0.25, 0.3) is 0 Å². The molecule has 0 aromatic carbocycles. The zero-order chi connectivity index (χ0) is 14.5. The molecule has 0 radical (unpaired) electrons. The topological polar surface area (TPSA) is 86.9 Å². The van der Waals surface area contributed by atoms with Crippen molar-refractivity contribution in [2.24, 2.45) is 11.7 Å². The van der Waals surface area contributed by atoms with E-state index in [1.165, 1.54) is 4.90 Å². The molecule has 0 aromatic heterocycles. The largest absolute Gasteiger partial charge is 0.479 e. The van der Waals surface area contributed by atoms with E-state index in [0.29, 0.717) is 13.1 Å². The Morgan fingerprint density at radius 1 is 1.22 bits per heavy atom. The summed E-state index contributed by atoms with van der Waals surface area (Å²) in [5, 5.41) is 9.42. The van der Waals surface area contributed by atoms with Crippen LogP contribution in [0.2, 0.25) is 0 Å². The van der Waals surface area contributed by atoms with Crippen molar-refractivity contribution in [3.63, 3.8) is 0 Å². The predicted molar refractivity (Wildman–Crippen MR) is 70.2 cm³/mol. The second-order valence-corrected chi connectivity index (χ2v) is 5.35. The van der Waals surface area contributed by atoms with E-state index in [-0.39, 0.29) is 12.3 Å². The Bertz CT molecular complexity index is 289. The fraction of sp³-hybridized carbons (Fsp3) is 0.833. The van der Waals surface area contributed by atoms with Crippen molar-refractivity contribution < 1.29 is 14.7 Å². The number of aliphatic carboxylic acids is 1. The summed E-state index contributed by atoms with van der Waals surface area (Å²) >= 11 is 0. The Morgan fingerprint density at radius 2 is 1.72 bits per heavy atom. The van der Waals surface area contributed by atoms with E-state index in [1.54, 1.807) is 7.05 Å². The van der Waals surface area contributed by atoms with Crippen LogP contribution in [0.4, 0.5) is 0 Å². The Hall–Kier alpha value is -1.14. The molecule has 0 heterocycles. The van der Waals surface area contributed by atoms with Crippen LogP contribution in [0.3, 0.4) is 0 Å². The van der Waals surface area contributed by atoms with Gasteiger partial charge < -0.3 is 15.7 Å². The number of nitrogens with zero attached hydrogens (tertiary/aromatic N) is 2. The predicted octanol–water partition coefficient (Wildman–Crippen LogP) is -0.165. The minimum atomic E-state index is -1.62. The van der Waals surface area contributed by atoms with E-state index in [1.807, 2.05) is 32.8 Å². The summed E-state index contributed by atoms with van der Waals surface area (Å²) in [6.45, 7) is 4.88. The van der Waals surface area contributed by atoms with Crippen molar-refractivity contribution in [1.29, 1.82) is 0 Å². The number of hydrogen-bond acceptors (Lipinski definition) is 4. The van der Waals surface area contributed by atoms with Crippen LogP contribution in [-0.4, -0.2) is 66.6 Å². The third-order valence-corrected chi connectivity index (χ3v) is 3.00. The zero-order valence-corrected chi connectivity index (χ0v) is 11.9. The average molecular weight is 259 g/mol. The summed E-state index contributed by atoms with van der Waals surface area (Å²) in [6.07, 6.45) is 0.210. The monoisotopic (exact) mass is 259 g/mol. The van der Waals surface area contributed by atoms with Gasteiger partial charge >= 0.3 is 5.97 Å². The number of amides is 1. The number of carbonyl (C=O) groups excluding carboxylic acids is 1. The van der Waals surface area contributed by atoms with Gasteiger partial charge in [0.15, 0.2) is 5.54 Å². The van der Waals surface area contributed by atoms with Crippen molar-refractivity contribution in [2.45, 2.75) is 25.8 Å². The number of nitrogens with two attached hydrogens (primary N) is 1. The van der Waals surface area contributed by atoms with Gasteiger partial charge in [0, 0.05) is 13.1 Å². The summed E-state index contributed by atoms with van der Waals surface area (Å²) in [5.74, 6) is -1.91. The lowest BCUT2D eigenvalue weighted by Crippen LogP contribution is -2.63. The highest BCUT2D eigenvalue weighted by molar-refractivity contribution is 6.05. The van der Waals surface area contributed by atoms with E-state index in [4.69, 9.17) is 5.73 Å². The molecule has 6 nitrogen and oxygen atoms in total. The summed E-state index contributed by atoms with van der Waals surface area (Å²) in [7, 11) is 5.41. The summed E-state index contributed by atoms with van der Waals surface area (Å²) < 4.78 is 0. The summed E-state index contributed by atoms with van der Waals surface area (Å²) in [6, 6.07) is 0. The number of hydrogen-bond donors (Lipinski definition) is 2. The Morgan fingerprint density at radius 3 is 2.00 bits per heavy atom. The van der Waals surface area contributed by atoms with E-state index in [2.05, 4.69) is 0 Å². The molecule has 0 bridgehead atoms. The molecule has 0 rings (SSSR count). The van der Waals surface area contributed by atoms with Crippen molar-refractivity contribution in [3.8, 4) is 0 Å². The van der Waals surface area contributed by atoms with E-state index < -0.39 is 17.4 Å². The highest BCUT2D eigenvalue weighted by Crippen LogP contribution is 2.23. The molecule has 6 heteroatoms. The quantitative estimate of drug-likeness (QED) is 0.591. The van der Waals surface area contributed by atoms with Gasteiger partial charge in [0.1, 0.15) is 0 Å². The third-order valence-electron chi connectivity index (χ3n) is 3.00. The minimum Gasteiger partial charge on any atom is -0.479 e. The number of carbonyl (C=O) groups is 2. The molecule has 0 aliphatic carbocycles. The summed E-state index contributed by atoms with van der Waals surface area (Å²) in [5.41, 5.74) is 3.73. The lowest BCUT2D eigenvalue weighted by atomic mass is 9.86. The van der Waals surface area contributed by atoms with Crippen molar-refractivity contribution in [2.75, 3.05) is 34.2 Å². The van der Waals surface area contributed by atoms with Gasteiger partial charge in [-0.15, -0.1) is 0 Å². The normalized spacial score (nSPS) is 15.1. The molecule has 3 N–H and O–H groups in total. The maximum Gasteiger partial charge on any atom is 0.333 e. The number of rotatable bonds is 8. The first-order chi connectivity index (χ1) is 8.14. The number of carboxylic acid groups (broad SMARTS) is 1. The number of carboxylic acids is 1. The smallest absolute Gasteiger partial charge is 0.333 e. The standard InChI is InChI=1S/C12H25N3O3/c1-9(2)8-12(10(13)16,11(17)18)15(5)7-6-14(3)4/h9H,6-8H2,1-5H3,(H2,13,16)(H,17,18). The molecule has 1 amide bonds. The fourth-order valence-electron chi connectivity index (χ4n) is 1.93. The van der Waals surface area contributed by atoms with Crippen LogP contribution in [0.15, 0.2) is 0 Å². The Kier molecular flexibility index (Phi) is 6.28. The third kappa shape index (κ3) is 3.96.